The number of ether oxygens (including phenoxy) is 1. The van der Waals surface area contributed by atoms with E-state index in [1.807, 2.05) is 0 Å². The van der Waals surface area contributed by atoms with Crippen molar-refractivity contribution in [3.63, 3.8) is 0 Å². The Balaban J connectivity index is 1.91. The van der Waals surface area contributed by atoms with Crippen molar-refractivity contribution < 1.29 is 18.7 Å². The van der Waals surface area contributed by atoms with Gasteiger partial charge in [0.15, 0.2) is 0 Å². The minimum Gasteiger partial charge on any atom is -0.497 e. The molecule has 0 radical (unpaired) electrons. The molecule has 0 bridgehead atoms. The fraction of sp³-hybridized carbons (Fsp3) is 0.0625. The second-order valence-corrected chi connectivity index (χ2v) is 4.44. The highest BCUT2D eigenvalue weighted by molar-refractivity contribution is 6.39. The zero-order chi connectivity index (χ0) is 16.7. The summed E-state index contributed by atoms with van der Waals surface area (Å²) in [6.45, 7) is 0. The van der Waals surface area contributed by atoms with Crippen molar-refractivity contribution in [2.75, 3.05) is 12.4 Å². The first-order valence-corrected chi connectivity index (χ1v) is 6.62. The molecule has 0 heterocycles. The summed E-state index contributed by atoms with van der Waals surface area (Å²) in [5, 5.41) is 6.01. The van der Waals surface area contributed by atoms with Crippen LogP contribution in [0.25, 0.3) is 0 Å². The first kappa shape index (κ1) is 16.2. The number of nitrogens with one attached hydrogen (secondary N) is 2. The Bertz CT molecular complexity index is 747. The van der Waals surface area contributed by atoms with E-state index in [0.29, 0.717) is 17.0 Å². The Kier molecular flexibility index (Phi) is 5.40. The minimum atomic E-state index is -0.944. The molecule has 6 nitrogen and oxygen atoms in total. The zero-order valence-corrected chi connectivity index (χ0v) is 12.2. The number of halogens is 1. The average Bonchev–Trinajstić information content (AvgIpc) is 2.55. The number of benzene rings is 2. The lowest BCUT2D eigenvalue weighted by atomic mass is 10.2. The summed E-state index contributed by atoms with van der Waals surface area (Å²) < 4.78 is 18.0. The SMILES string of the molecule is COc1cccc(NC(=O)C(=O)N/N=C\c2cccc(F)c2)c1. The molecule has 0 unspecified atom stereocenters. The molecule has 0 aliphatic carbocycles. The van der Waals surface area contributed by atoms with Crippen LogP contribution in [-0.4, -0.2) is 25.1 Å². The molecule has 118 valence electrons. The Morgan fingerprint density at radius 3 is 2.65 bits per heavy atom. The first-order chi connectivity index (χ1) is 11.1. The number of nitrogens with zero attached hydrogens (tertiary/aromatic N) is 1. The van der Waals surface area contributed by atoms with Gasteiger partial charge in [-0.3, -0.25) is 9.59 Å². The molecule has 0 saturated heterocycles. The number of methoxy groups -OCH3 is 1. The lowest BCUT2D eigenvalue weighted by Crippen LogP contribution is -2.32. The largest absolute Gasteiger partial charge is 0.497 e. The standard InChI is InChI=1S/C16H14FN3O3/c1-23-14-7-3-6-13(9-14)19-15(21)16(22)20-18-10-11-4-2-5-12(17)8-11/h2-10H,1H3,(H,19,21)(H,20,22)/b18-10-. The van der Waals surface area contributed by atoms with E-state index in [2.05, 4.69) is 15.8 Å². The maximum Gasteiger partial charge on any atom is 0.329 e. The Morgan fingerprint density at radius 1 is 1.13 bits per heavy atom. The van der Waals surface area contributed by atoms with Crippen LogP contribution in [0.3, 0.4) is 0 Å². The van der Waals surface area contributed by atoms with E-state index >= 15 is 0 Å². The van der Waals surface area contributed by atoms with Gasteiger partial charge in [0.05, 0.1) is 13.3 Å². The van der Waals surface area contributed by atoms with Crippen molar-refractivity contribution in [3.8, 4) is 5.75 Å². The predicted molar refractivity (Wildman–Crippen MR) is 83.8 cm³/mol. The lowest BCUT2D eigenvalue weighted by Gasteiger charge is -2.05. The molecule has 2 aromatic carbocycles. The molecule has 0 saturated carbocycles. The van der Waals surface area contributed by atoms with Crippen LogP contribution < -0.4 is 15.5 Å². The van der Waals surface area contributed by atoms with Gasteiger partial charge in [-0.2, -0.15) is 5.10 Å². The van der Waals surface area contributed by atoms with Gasteiger partial charge in [-0.05, 0) is 29.8 Å². The number of hydrogen-bond donors (Lipinski definition) is 2. The van der Waals surface area contributed by atoms with E-state index in [9.17, 15) is 14.0 Å². The van der Waals surface area contributed by atoms with Crippen molar-refractivity contribution in [2.45, 2.75) is 0 Å². The summed E-state index contributed by atoms with van der Waals surface area (Å²) in [4.78, 5) is 23.3. The monoisotopic (exact) mass is 315 g/mol. The molecule has 0 fully saturated rings. The van der Waals surface area contributed by atoms with Gasteiger partial charge in [0.25, 0.3) is 0 Å². The molecule has 0 aromatic heterocycles. The number of amides is 2. The smallest absolute Gasteiger partial charge is 0.329 e. The van der Waals surface area contributed by atoms with E-state index in [0.717, 1.165) is 0 Å². The minimum absolute atomic E-state index is 0.415. The van der Waals surface area contributed by atoms with E-state index in [1.165, 1.54) is 31.5 Å². The molecule has 0 aliphatic heterocycles. The van der Waals surface area contributed by atoms with E-state index in [4.69, 9.17) is 4.74 Å². The fourth-order valence-corrected chi connectivity index (χ4v) is 1.69. The fourth-order valence-electron chi connectivity index (χ4n) is 1.69. The van der Waals surface area contributed by atoms with Gasteiger partial charge >= 0.3 is 11.8 Å². The molecule has 7 heteroatoms. The summed E-state index contributed by atoms with van der Waals surface area (Å²) in [6, 6.07) is 12.2. The molecule has 0 aliphatic rings. The Labute approximate surface area is 132 Å². The Morgan fingerprint density at radius 2 is 1.91 bits per heavy atom. The second kappa shape index (κ2) is 7.69. The molecule has 0 atom stereocenters. The van der Waals surface area contributed by atoms with Gasteiger partial charge in [0.1, 0.15) is 11.6 Å². The molecular formula is C16H14FN3O3. The van der Waals surface area contributed by atoms with Crippen LogP contribution in [0.2, 0.25) is 0 Å². The lowest BCUT2D eigenvalue weighted by molar-refractivity contribution is -0.136. The van der Waals surface area contributed by atoms with Crippen LogP contribution in [0.15, 0.2) is 53.6 Å². The van der Waals surface area contributed by atoms with Crippen molar-refractivity contribution in [2.24, 2.45) is 5.10 Å². The van der Waals surface area contributed by atoms with Crippen LogP contribution >= 0.6 is 0 Å². The highest BCUT2D eigenvalue weighted by Crippen LogP contribution is 2.16. The van der Waals surface area contributed by atoms with E-state index in [1.54, 1.807) is 30.3 Å². The molecule has 2 rings (SSSR count). The van der Waals surface area contributed by atoms with Crippen molar-refractivity contribution in [1.82, 2.24) is 5.43 Å². The maximum atomic E-state index is 13.0. The molecule has 0 spiro atoms. The van der Waals surface area contributed by atoms with Gasteiger partial charge in [0, 0.05) is 11.8 Å². The number of hydrogen-bond acceptors (Lipinski definition) is 4. The first-order valence-electron chi connectivity index (χ1n) is 6.62. The van der Waals surface area contributed by atoms with Crippen LogP contribution in [0.1, 0.15) is 5.56 Å². The summed E-state index contributed by atoms with van der Waals surface area (Å²) in [5.74, 6) is -1.70. The van der Waals surface area contributed by atoms with Crippen molar-refractivity contribution >= 4 is 23.7 Å². The highest BCUT2D eigenvalue weighted by atomic mass is 19.1. The summed E-state index contributed by atoms with van der Waals surface area (Å²) >= 11 is 0. The summed E-state index contributed by atoms with van der Waals surface area (Å²) in [7, 11) is 1.49. The molecular weight excluding hydrogens is 301 g/mol. The van der Waals surface area contributed by atoms with Crippen LogP contribution in [0.4, 0.5) is 10.1 Å². The van der Waals surface area contributed by atoms with Crippen LogP contribution in [-0.2, 0) is 9.59 Å². The normalized spacial score (nSPS) is 10.3. The maximum absolute atomic E-state index is 13.0. The van der Waals surface area contributed by atoms with Gasteiger partial charge in [-0.15, -0.1) is 0 Å². The molecule has 23 heavy (non-hydrogen) atoms. The molecule has 2 N–H and O–H groups in total. The van der Waals surface area contributed by atoms with Gasteiger partial charge < -0.3 is 10.1 Å². The van der Waals surface area contributed by atoms with Crippen molar-refractivity contribution in [3.05, 3.63) is 59.9 Å². The van der Waals surface area contributed by atoms with Gasteiger partial charge in [-0.1, -0.05) is 18.2 Å². The highest BCUT2D eigenvalue weighted by Gasteiger charge is 2.13. The van der Waals surface area contributed by atoms with E-state index in [-0.39, 0.29) is 0 Å². The number of carbonyl (C=O) groups is 2. The number of carbonyl (C=O) groups excluding carboxylic acids is 2. The molecule has 2 aromatic rings. The second-order valence-electron chi connectivity index (χ2n) is 4.44. The van der Waals surface area contributed by atoms with Crippen LogP contribution in [0, 0.1) is 5.82 Å². The molecule has 2 amide bonds. The van der Waals surface area contributed by atoms with Gasteiger partial charge in [0.2, 0.25) is 0 Å². The third-order valence-corrected chi connectivity index (χ3v) is 2.76. The van der Waals surface area contributed by atoms with Gasteiger partial charge in [-0.25, -0.2) is 9.82 Å². The summed E-state index contributed by atoms with van der Waals surface area (Å²) in [5.41, 5.74) is 2.94. The summed E-state index contributed by atoms with van der Waals surface area (Å²) in [6.07, 6.45) is 1.24. The quantitative estimate of drug-likeness (QED) is 0.514. The zero-order valence-electron chi connectivity index (χ0n) is 12.2. The third-order valence-electron chi connectivity index (χ3n) is 2.76. The third kappa shape index (κ3) is 4.92. The number of hydrazone groups is 1. The predicted octanol–water partition coefficient (Wildman–Crippen LogP) is 1.92. The Hall–Kier alpha value is -3.22. The topological polar surface area (TPSA) is 79.8 Å². The van der Waals surface area contributed by atoms with Crippen LogP contribution in [0.5, 0.6) is 5.75 Å². The van der Waals surface area contributed by atoms with Crippen molar-refractivity contribution in [1.29, 1.82) is 0 Å². The number of rotatable bonds is 4. The average molecular weight is 315 g/mol. The van der Waals surface area contributed by atoms with E-state index < -0.39 is 17.6 Å². The number of anilines is 1.